The highest BCUT2D eigenvalue weighted by molar-refractivity contribution is 14.0. The van der Waals surface area contributed by atoms with Crippen LogP contribution in [0.2, 0.25) is 0 Å². The van der Waals surface area contributed by atoms with Crippen LogP contribution in [0, 0.1) is 5.92 Å². The lowest BCUT2D eigenvalue weighted by molar-refractivity contribution is 0.192. The van der Waals surface area contributed by atoms with E-state index in [1.54, 1.807) is 7.11 Å². The third kappa shape index (κ3) is 15.9. The van der Waals surface area contributed by atoms with Gasteiger partial charge in [0.2, 0.25) is 0 Å². The molecule has 0 heterocycles. The van der Waals surface area contributed by atoms with Crippen LogP contribution in [0.4, 0.5) is 0 Å². The van der Waals surface area contributed by atoms with Crippen LogP contribution in [-0.2, 0) is 4.74 Å². The van der Waals surface area contributed by atoms with Gasteiger partial charge in [-0.25, -0.2) is 0 Å². The second kappa shape index (κ2) is 16.0. The van der Waals surface area contributed by atoms with E-state index >= 15 is 0 Å². The van der Waals surface area contributed by atoms with E-state index < -0.39 is 0 Å². The van der Waals surface area contributed by atoms with Crippen molar-refractivity contribution in [3.05, 3.63) is 0 Å². The molecule has 5 heteroatoms. The Hall–Kier alpha value is -0.0400. The van der Waals surface area contributed by atoms with Gasteiger partial charge in [-0.15, -0.1) is 24.0 Å². The maximum Gasteiger partial charge on any atom is 0.190 e. The van der Waals surface area contributed by atoms with Crippen LogP contribution < -0.4 is 10.6 Å². The molecular weight excluding hydrogens is 353 g/mol. The van der Waals surface area contributed by atoms with Crippen molar-refractivity contribution in [3.8, 4) is 0 Å². The van der Waals surface area contributed by atoms with Gasteiger partial charge in [-0.2, -0.15) is 0 Å². The summed E-state index contributed by atoms with van der Waals surface area (Å²) in [7, 11) is 3.57. The number of aliphatic imine (C=N–C) groups is 1. The first kappa shape index (κ1) is 21.3. The fraction of sp³-hybridized carbons (Fsp3) is 0.929. The number of guanidine groups is 1. The number of hydrogen-bond donors (Lipinski definition) is 2. The molecule has 0 aromatic carbocycles. The number of ether oxygens (including phenoxy) is 1. The maximum absolute atomic E-state index is 5.02. The van der Waals surface area contributed by atoms with Crippen molar-refractivity contribution in [2.75, 3.05) is 33.9 Å². The van der Waals surface area contributed by atoms with Crippen LogP contribution in [-0.4, -0.2) is 39.8 Å². The fourth-order valence-corrected chi connectivity index (χ4v) is 1.69. The molecule has 0 saturated carbocycles. The number of methoxy groups -OCH3 is 1. The van der Waals surface area contributed by atoms with E-state index in [1.807, 2.05) is 7.05 Å². The molecule has 0 aromatic rings. The third-order valence-corrected chi connectivity index (χ3v) is 2.79. The van der Waals surface area contributed by atoms with Crippen molar-refractivity contribution in [2.24, 2.45) is 10.9 Å². The standard InChI is InChI=1S/C14H31N3O.HI/c1-13(2)9-8-11-17-14(15-3)16-10-6-5-7-12-18-4;/h13H,5-12H2,1-4H3,(H2,15,16,17);1H. The highest BCUT2D eigenvalue weighted by atomic mass is 127. The minimum Gasteiger partial charge on any atom is -0.385 e. The van der Waals surface area contributed by atoms with Gasteiger partial charge < -0.3 is 15.4 Å². The zero-order valence-electron chi connectivity index (χ0n) is 13.0. The normalized spacial score (nSPS) is 11.3. The van der Waals surface area contributed by atoms with E-state index in [-0.39, 0.29) is 24.0 Å². The van der Waals surface area contributed by atoms with E-state index in [9.17, 15) is 0 Å². The molecule has 0 saturated heterocycles. The summed E-state index contributed by atoms with van der Waals surface area (Å²) in [5.41, 5.74) is 0. The first-order chi connectivity index (χ1) is 8.70. The van der Waals surface area contributed by atoms with Crippen molar-refractivity contribution in [2.45, 2.75) is 46.0 Å². The first-order valence-electron chi connectivity index (χ1n) is 7.14. The van der Waals surface area contributed by atoms with Crippen LogP contribution in [0.5, 0.6) is 0 Å². The summed E-state index contributed by atoms with van der Waals surface area (Å²) in [5, 5.41) is 6.67. The van der Waals surface area contributed by atoms with Crippen molar-refractivity contribution in [1.82, 2.24) is 10.6 Å². The maximum atomic E-state index is 5.02. The quantitative estimate of drug-likeness (QED) is 0.263. The SMILES string of the molecule is CN=C(NCCCCCOC)NCCCC(C)C.I. The predicted molar refractivity (Wildman–Crippen MR) is 94.6 cm³/mol. The molecule has 0 fully saturated rings. The summed E-state index contributed by atoms with van der Waals surface area (Å²) in [6.45, 7) is 7.36. The number of unbranched alkanes of at least 4 members (excludes halogenated alkanes) is 2. The molecule has 4 nitrogen and oxygen atoms in total. The molecule has 19 heavy (non-hydrogen) atoms. The Labute approximate surface area is 136 Å². The van der Waals surface area contributed by atoms with Crippen LogP contribution in [0.3, 0.4) is 0 Å². The average Bonchev–Trinajstić information content (AvgIpc) is 2.35. The Morgan fingerprint density at radius 3 is 2.21 bits per heavy atom. The Balaban J connectivity index is 0. The molecule has 0 aromatic heterocycles. The molecule has 0 aliphatic heterocycles. The number of nitrogens with one attached hydrogen (secondary N) is 2. The minimum absolute atomic E-state index is 0. The Morgan fingerprint density at radius 2 is 1.68 bits per heavy atom. The summed E-state index contributed by atoms with van der Waals surface area (Å²) in [6, 6.07) is 0. The van der Waals surface area contributed by atoms with Crippen LogP contribution in [0.1, 0.15) is 46.0 Å². The second-order valence-electron chi connectivity index (χ2n) is 5.02. The van der Waals surface area contributed by atoms with Crippen LogP contribution in [0.15, 0.2) is 4.99 Å². The average molecular weight is 385 g/mol. The molecule has 0 spiro atoms. The molecular formula is C14H32IN3O. The van der Waals surface area contributed by atoms with E-state index in [1.165, 1.54) is 19.3 Å². The Kier molecular flexibility index (Phi) is 17.9. The molecule has 0 atom stereocenters. The number of halogens is 1. The minimum atomic E-state index is 0. The molecule has 0 amide bonds. The largest absolute Gasteiger partial charge is 0.385 e. The molecule has 0 aliphatic rings. The van der Waals surface area contributed by atoms with Crippen LogP contribution >= 0.6 is 24.0 Å². The number of nitrogens with zero attached hydrogens (tertiary/aromatic N) is 1. The van der Waals surface area contributed by atoms with Crippen molar-refractivity contribution < 1.29 is 4.74 Å². The Morgan fingerprint density at radius 1 is 1.05 bits per heavy atom. The summed E-state index contributed by atoms with van der Waals surface area (Å²) in [6.07, 6.45) is 5.97. The second-order valence-corrected chi connectivity index (χ2v) is 5.02. The third-order valence-electron chi connectivity index (χ3n) is 2.79. The molecule has 0 unspecified atom stereocenters. The monoisotopic (exact) mass is 385 g/mol. The number of hydrogen-bond acceptors (Lipinski definition) is 2. The van der Waals surface area contributed by atoms with Crippen molar-refractivity contribution in [1.29, 1.82) is 0 Å². The molecule has 0 bridgehead atoms. The lowest BCUT2D eigenvalue weighted by Gasteiger charge is -2.12. The molecule has 2 N–H and O–H groups in total. The van der Waals surface area contributed by atoms with Crippen molar-refractivity contribution >= 4 is 29.9 Å². The molecule has 0 aliphatic carbocycles. The summed E-state index contributed by atoms with van der Waals surface area (Å²) in [4.78, 5) is 4.21. The highest BCUT2D eigenvalue weighted by Gasteiger charge is 1.98. The predicted octanol–water partition coefficient (Wildman–Crippen LogP) is 3.02. The molecule has 0 radical (unpaired) electrons. The zero-order chi connectivity index (χ0) is 13.6. The highest BCUT2D eigenvalue weighted by Crippen LogP contribution is 2.01. The molecule has 0 rings (SSSR count). The Bertz CT molecular complexity index is 211. The van der Waals surface area contributed by atoms with Gasteiger partial charge >= 0.3 is 0 Å². The van der Waals surface area contributed by atoms with Gasteiger partial charge in [-0.05, 0) is 38.0 Å². The van der Waals surface area contributed by atoms with Gasteiger partial charge in [0.1, 0.15) is 0 Å². The number of rotatable bonds is 10. The van der Waals surface area contributed by atoms with E-state index in [4.69, 9.17) is 4.74 Å². The van der Waals surface area contributed by atoms with E-state index in [0.29, 0.717) is 0 Å². The lowest BCUT2D eigenvalue weighted by atomic mass is 10.1. The first-order valence-corrected chi connectivity index (χ1v) is 7.14. The lowest BCUT2D eigenvalue weighted by Crippen LogP contribution is -2.38. The van der Waals surface area contributed by atoms with Gasteiger partial charge in [-0.3, -0.25) is 4.99 Å². The fourth-order valence-electron chi connectivity index (χ4n) is 1.69. The van der Waals surface area contributed by atoms with Gasteiger partial charge in [0.05, 0.1) is 0 Å². The van der Waals surface area contributed by atoms with E-state index in [0.717, 1.165) is 44.4 Å². The van der Waals surface area contributed by atoms with E-state index in [2.05, 4.69) is 29.5 Å². The summed E-state index contributed by atoms with van der Waals surface area (Å²) >= 11 is 0. The van der Waals surface area contributed by atoms with Gasteiger partial charge in [0.25, 0.3) is 0 Å². The van der Waals surface area contributed by atoms with Gasteiger partial charge in [-0.1, -0.05) is 13.8 Å². The summed E-state index contributed by atoms with van der Waals surface area (Å²) < 4.78 is 5.02. The van der Waals surface area contributed by atoms with Gasteiger partial charge in [0.15, 0.2) is 5.96 Å². The summed E-state index contributed by atoms with van der Waals surface area (Å²) in [5.74, 6) is 1.70. The van der Waals surface area contributed by atoms with Crippen molar-refractivity contribution in [3.63, 3.8) is 0 Å². The topological polar surface area (TPSA) is 45.7 Å². The zero-order valence-corrected chi connectivity index (χ0v) is 15.3. The molecule has 116 valence electrons. The van der Waals surface area contributed by atoms with Gasteiger partial charge in [0, 0.05) is 33.9 Å². The van der Waals surface area contributed by atoms with Crippen LogP contribution in [0.25, 0.3) is 0 Å². The smallest absolute Gasteiger partial charge is 0.190 e.